The highest BCUT2D eigenvalue weighted by Gasteiger charge is 2.22. The summed E-state index contributed by atoms with van der Waals surface area (Å²) in [6.07, 6.45) is 1.36. The molecule has 0 unspecified atom stereocenters. The number of H-pyrrole nitrogens is 1. The zero-order valence-electron chi connectivity index (χ0n) is 10.7. The van der Waals surface area contributed by atoms with E-state index in [9.17, 15) is 14.4 Å². The molecule has 0 saturated heterocycles. The van der Waals surface area contributed by atoms with Gasteiger partial charge in [0.1, 0.15) is 5.56 Å². The van der Waals surface area contributed by atoms with Crippen LogP contribution in [0.2, 0.25) is 0 Å². The Kier molecular flexibility index (Phi) is 4.25. The van der Waals surface area contributed by atoms with Gasteiger partial charge in [0.05, 0.1) is 6.54 Å². The molecule has 3 N–H and O–H groups in total. The highest BCUT2D eigenvalue weighted by molar-refractivity contribution is 5.96. The van der Waals surface area contributed by atoms with Crippen molar-refractivity contribution in [2.75, 3.05) is 6.54 Å². The fourth-order valence-electron chi connectivity index (χ4n) is 1.55. The third-order valence-electron chi connectivity index (χ3n) is 2.50. The molecule has 98 valence electrons. The van der Waals surface area contributed by atoms with Crippen molar-refractivity contribution < 1.29 is 9.59 Å². The Hall–Kier alpha value is -2.11. The number of nitrogens with zero attached hydrogens (tertiary/aromatic N) is 1. The first-order chi connectivity index (χ1) is 8.32. The molecule has 18 heavy (non-hydrogen) atoms. The zero-order valence-corrected chi connectivity index (χ0v) is 10.7. The molecular weight excluding hydrogens is 234 g/mol. The summed E-state index contributed by atoms with van der Waals surface area (Å²) in [7, 11) is 0. The van der Waals surface area contributed by atoms with Crippen LogP contribution in [0.3, 0.4) is 0 Å². The third kappa shape index (κ3) is 3.19. The summed E-state index contributed by atoms with van der Waals surface area (Å²) in [6.45, 7) is 5.02. The van der Waals surface area contributed by atoms with Crippen LogP contribution < -0.4 is 11.2 Å². The zero-order chi connectivity index (χ0) is 13.9. The van der Waals surface area contributed by atoms with Gasteiger partial charge in [-0.2, -0.15) is 0 Å². The number of rotatable bonds is 4. The predicted molar refractivity (Wildman–Crippen MR) is 67.2 cm³/mol. The van der Waals surface area contributed by atoms with Crippen molar-refractivity contribution in [3.63, 3.8) is 0 Å². The number of hydrogen-bond donors (Lipinski definition) is 2. The molecule has 0 atom stereocenters. The Bertz CT molecular complexity index is 520. The Morgan fingerprint density at radius 1 is 1.44 bits per heavy atom. The lowest BCUT2D eigenvalue weighted by molar-refractivity contribution is -0.119. The van der Waals surface area contributed by atoms with E-state index in [1.807, 2.05) is 0 Å². The number of nitrogens with one attached hydrogen (secondary N) is 1. The number of carbonyl (C=O) groups is 2. The monoisotopic (exact) mass is 251 g/mol. The molecule has 6 nitrogen and oxygen atoms in total. The molecule has 1 rings (SSSR count). The number of aromatic amines is 1. The number of aryl methyl sites for hydroxylation is 1. The fraction of sp³-hybridized carbons (Fsp3) is 0.417. The number of aromatic nitrogens is 1. The van der Waals surface area contributed by atoms with E-state index in [0.29, 0.717) is 5.69 Å². The maximum Gasteiger partial charge on any atom is 0.260 e. The number of pyridine rings is 1. The van der Waals surface area contributed by atoms with Gasteiger partial charge in [0.2, 0.25) is 5.91 Å². The normalized spacial score (nSPS) is 10.4. The number of nitrogens with two attached hydrogens (primary N) is 1. The van der Waals surface area contributed by atoms with E-state index in [-0.39, 0.29) is 23.6 Å². The number of primary amides is 1. The van der Waals surface area contributed by atoms with E-state index >= 15 is 0 Å². The van der Waals surface area contributed by atoms with Crippen molar-refractivity contribution in [3.05, 3.63) is 33.7 Å². The van der Waals surface area contributed by atoms with Gasteiger partial charge in [-0.15, -0.1) is 0 Å². The minimum absolute atomic E-state index is 0.00977. The summed E-state index contributed by atoms with van der Waals surface area (Å²) in [5, 5.41) is 0. The molecule has 0 aliphatic heterocycles. The first-order valence-electron chi connectivity index (χ1n) is 5.61. The largest absolute Gasteiger partial charge is 0.368 e. The molecule has 1 aromatic heterocycles. The van der Waals surface area contributed by atoms with Gasteiger partial charge >= 0.3 is 0 Å². The van der Waals surface area contributed by atoms with Crippen LogP contribution >= 0.6 is 0 Å². The first-order valence-corrected chi connectivity index (χ1v) is 5.61. The molecule has 0 spiro atoms. The average molecular weight is 251 g/mol. The van der Waals surface area contributed by atoms with Crippen LogP contribution in [-0.4, -0.2) is 34.3 Å². The summed E-state index contributed by atoms with van der Waals surface area (Å²) < 4.78 is 0. The topological polar surface area (TPSA) is 96.3 Å². The van der Waals surface area contributed by atoms with Gasteiger partial charge in [-0.3, -0.25) is 14.4 Å². The van der Waals surface area contributed by atoms with Crippen molar-refractivity contribution in [1.29, 1.82) is 0 Å². The maximum atomic E-state index is 12.2. The van der Waals surface area contributed by atoms with Gasteiger partial charge in [-0.25, -0.2) is 0 Å². The van der Waals surface area contributed by atoms with Gasteiger partial charge in [0.25, 0.3) is 5.91 Å². The van der Waals surface area contributed by atoms with E-state index < -0.39 is 11.8 Å². The molecule has 1 aromatic rings. The second-order valence-corrected chi connectivity index (χ2v) is 4.39. The van der Waals surface area contributed by atoms with E-state index in [2.05, 4.69) is 4.98 Å². The fourth-order valence-corrected chi connectivity index (χ4v) is 1.55. The van der Waals surface area contributed by atoms with Crippen molar-refractivity contribution in [3.8, 4) is 0 Å². The summed E-state index contributed by atoms with van der Waals surface area (Å²) in [5.74, 6) is -1.11. The second kappa shape index (κ2) is 5.48. The second-order valence-electron chi connectivity index (χ2n) is 4.39. The van der Waals surface area contributed by atoms with Gasteiger partial charge < -0.3 is 15.6 Å². The molecule has 0 radical (unpaired) electrons. The van der Waals surface area contributed by atoms with Crippen LogP contribution in [0.1, 0.15) is 29.9 Å². The molecule has 6 heteroatoms. The summed E-state index contributed by atoms with van der Waals surface area (Å²) in [6, 6.07) is 1.13. The molecule has 0 fully saturated rings. The van der Waals surface area contributed by atoms with Crippen molar-refractivity contribution >= 4 is 11.8 Å². The van der Waals surface area contributed by atoms with E-state index in [1.54, 1.807) is 20.8 Å². The smallest absolute Gasteiger partial charge is 0.260 e. The average Bonchev–Trinajstić information content (AvgIpc) is 2.24. The van der Waals surface area contributed by atoms with E-state index in [4.69, 9.17) is 5.73 Å². The van der Waals surface area contributed by atoms with Crippen LogP contribution in [0.15, 0.2) is 17.1 Å². The van der Waals surface area contributed by atoms with Gasteiger partial charge in [-0.1, -0.05) is 0 Å². The van der Waals surface area contributed by atoms with Crippen molar-refractivity contribution in [2.24, 2.45) is 5.73 Å². The lowest BCUT2D eigenvalue weighted by Gasteiger charge is -2.25. The highest BCUT2D eigenvalue weighted by atomic mass is 16.2. The minimum Gasteiger partial charge on any atom is -0.368 e. The van der Waals surface area contributed by atoms with Crippen LogP contribution in [0.5, 0.6) is 0 Å². The van der Waals surface area contributed by atoms with Gasteiger partial charge in [-0.05, 0) is 20.8 Å². The SMILES string of the molecule is Cc1cc(=O)c(C(=O)N(CC(N)=O)C(C)C)c[nH]1. The highest BCUT2D eigenvalue weighted by Crippen LogP contribution is 2.04. The standard InChI is InChI=1S/C12H17N3O3/c1-7(2)15(6-11(13)17)12(18)9-5-14-8(3)4-10(9)16/h4-5,7H,6H2,1-3H3,(H2,13,17)(H,14,16). The Morgan fingerprint density at radius 2 is 2.06 bits per heavy atom. The molecule has 0 bridgehead atoms. The molecule has 0 aliphatic carbocycles. The quantitative estimate of drug-likeness (QED) is 0.789. The van der Waals surface area contributed by atoms with E-state index in [1.165, 1.54) is 17.2 Å². The molecule has 0 aliphatic rings. The Balaban J connectivity index is 3.10. The molecule has 0 saturated carbocycles. The summed E-state index contributed by atoms with van der Waals surface area (Å²) in [5.41, 5.74) is 5.40. The van der Waals surface area contributed by atoms with Crippen LogP contribution in [0.4, 0.5) is 0 Å². The van der Waals surface area contributed by atoms with Crippen molar-refractivity contribution in [1.82, 2.24) is 9.88 Å². The lowest BCUT2D eigenvalue weighted by Crippen LogP contribution is -2.44. The van der Waals surface area contributed by atoms with E-state index in [0.717, 1.165) is 0 Å². The van der Waals surface area contributed by atoms with Crippen LogP contribution in [-0.2, 0) is 4.79 Å². The molecule has 2 amide bonds. The molecule has 1 heterocycles. The Morgan fingerprint density at radius 3 is 2.50 bits per heavy atom. The predicted octanol–water partition coefficient (Wildman–Crippen LogP) is 0.0192. The summed E-state index contributed by atoms with van der Waals surface area (Å²) >= 11 is 0. The number of amides is 2. The Labute approximate surface area is 105 Å². The van der Waals surface area contributed by atoms with Gasteiger partial charge in [0.15, 0.2) is 5.43 Å². The minimum atomic E-state index is -0.611. The molecule has 0 aromatic carbocycles. The van der Waals surface area contributed by atoms with Gasteiger partial charge in [0, 0.05) is 24.0 Å². The summed E-state index contributed by atoms with van der Waals surface area (Å²) in [4.78, 5) is 38.9. The lowest BCUT2D eigenvalue weighted by atomic mass is 10.2. The van der Waals surface area contributed by atoms with Crippen LogP contribution in [0, 0.1) is 6.92 Å². The number of carbonyl (C=O) groups excluding carboxylic acids is 2. The van der Waals surface area contributed by atoms with Crippen molar-refractivity contribution in [2.45, 2.75) is 26.8 Å². The number of hydrogen-bond acceptors (Lipinski definition) is 3. The molecular formula is C12H17N3O3. The van der Waals surface area contributed by atoms with Crippen LogP contribution in [0.25, 0.3) is 0 Å². The third-order valence-corrected chi connectivity index (χ3v) is 2.50. The first kappa shape index (κ1) is 14.0. The maximum absolute atomic E-state index is 12.2.